The number of carbonyl (C=O) groups is 1. The third-order valence-corrected chi connectivity index (χ3v) is 7.15. The second-order valence-electron chi connectivity index (χ2n) is 5.83. The molecule has 2 rings (SSSR count). The van der Waals surface area contributed by atoms with Crippen LogP contribution >= 0.6 is 11.8 Å². The molecule has 0 radical (unpaired) electrons. The third-order valence-electron chi connectivity index (χ3n) is 3.99. The van der Waals surface area contributed by atoms with Gasteiger partial charge in [0.25, 0.3) is 0 Å². The van der Waals surface area contributed by atoms with Gasteiger partial charge in [0.05, 0.1) is 15.8 Å². The average Bonchev–Trinajstić information content (AvgIpc) is 2.64. The number of thioether (sulfide) groups is 1. The Bertz CT molecular complexity index is 882. The molecule has 2 aromatic carbocycles. The molecule has 0 aromatic heterocycles. The van der Waals surface area contributed by atoms with Crippen molar-refractivity contribution in [2.45, 2.75) is 35.8 Å². The Morgan fingerprint density at radius 2 is 1.78 bits per heavy atom. The molecule has 0 fully saturated rings. The summed E-state index contributed by atoms with van der Waals surface area (Å²) in [5.74, 6) is -0.504. The van der Waals surface area contributed by atoms with Gasteiger partial charge >= 0.3 is 0 Å². The van der Waals surface area contributed by atoms with Crippen molar-refractivity contribution in [2.75, 3.05) is 18.4 Å². The molecule has 2 N–H and O–H groups in total. The van der Waals surface area contributed by atoms with Gasteiger partial charge in [-0.05, 0) is 37.3 Å². The van der Waals surface area contributed by atoms with E-state index >= 15 is 0 Å². The first-order valence-corrected chi connectivity index (χ1v) is 11.0. The molecule has 0 saturated carbocycles. The fraction of sp³-hybridized carbons (Fsp3) is 0.316. The predicted molar refractivity (Wildman–Crippen MR) is 109 cm³/mol. The number of rotatable bonds is 8. The van der Waals surface area contributed by atoms with E-state index in [9.17, 15) is 18.3 Å². The number of nitrogens with zero attached hydrogens (tertiary/aromatic N) is 1. The number of carbonyl (C=O) groups excluding carboxylic acids is 1. The number of aromatic hydroxyl groups is 1. The highest BCUT2D eigenvalue weighted by Gasteiger charge is 2.23. The van der Waals surface area contributed by atoms with E-state index in [1.54, 1.807) is 20.8 Å². The van der Waals surface area contributed by atoms with Crippen LogP contribution in [-0.2, 0) is 14.8 Å². The van der Waals surface area contributed by atoms with E-state index in [1.807, 2.05) is 30.3 Å². The maximum atomic E-state index is 12.6. The van der Waals surface area contributed by atoms with Gasteiger partial charge in [-0.3, -0.25) is 4.79 Å². The molecule has 0 aliphatic carbocycles. The van der Waals surface area contributed by atoms with Gasteiger partial charge < -0.3 is 10.4 Å². The van der Waals surface area contributed by atoms with E-state index in [1.165, 1.54) is 34.3 Å². The standard InChI is InChI=1S/C19H24N2O4S2/c1-4-21(5-2)27(24,25)16-11-12-18(22)17(13-16)20-19(23)14(3)26-15-9-7-6-8-10-15/h6-14,22H,4-5H2,1-3H3,(H,20,23)/t14-/m0/s1. The molecule has 0 bridgehead atoms. The highest BCUT2D eigenvalue weighted by molar-refractivity contribution is 8.00. The number of amides is 1. The van der Waals surface area contributed by atoms with Crippen LogP contribution in [0.5, 0.6) is 5.75 Å². The number of phenols is 1. The first-order chi connectivity index (χ1) is 12.8. The summed E-state index contributed by atoms with van der Waals surface area (Å²) in [7, 11) is -3.68. The van der Waals surface area contributed by atoms with Crippen LogP contribution in [0.15, 0.2) is 58.3 Å². The zero-order valence-electron chi connectivity index (χ0n) is 15.5. The molecule has 0 unspecified atom stereocenters. The minimum absolute atomic E-state index is 0.0302. The highest BCUT2D eigenvalue weighted by Crippen LogP contribution is 2.30. The summed E-state index contributed by atoms with van der Waals surface area (Å²) in [5, 5.41) is 12.2. The average molecular weight is 409 g/mol. The van der Waals surface area contributed by atoms with E-state index in [4.69, 9.17) is 0 Å². The Morgan fingerprint density at radius 1 is 1.15 bits per heavy atom. The van der Waals surface area contributed by atoms with Crippen LogP contribution in [0, 0.1) is 0 Å². The first-order valence-electron chi connectivity index (χ1n) is 8.65. The molecule has 0 aliphatic heterocycles. The van der Waals surface area contributed by atoms with Gasteiger partial charge in [-0.2, -0.15) is 4.31 Å². The maximum absolute atomic E-state index is 12.6. The minimum atomic E-state index is -3.68. The van der Waals surface area contributed by atoms with Crippen LogP contribution in [0.25, 0.3) is 0 Å². The number of hydrogen-bond acceptors (Lipinski definition) is 5. The molecule has 0 heterocycles. The number of anilines is 1. The van der Waals surface area contributed by atoms with E-state index in [-0.39, 0.29) is 22.2 Å². The lowest BCUT2D eigenvalue weighted by Crippen LogP contribution is -2.30. The molecule has 0 aliphatic rings. The number of hydrogen-bond donors (Lipinski definition) is 2. The quantitative estimate of drug-likeness (QED) is 0.515. The Morgan fingerprint density at radius 3 is 2.37 bits per heavy atom. The predicted octanol–water partition coefficient (Wildman–Crippen LogP) is 3.54. The van der Waals surface area contributed by atoms with Gasteiger partial charge in [-0.25, -0.2) is 8.42 Å². The van der Waals surface area contributed by atoms with Gasteiger partial charge in [-0.1, -0.05) is 32.0 Å². The van der Waals surface area contributed by atoms with Crippen molar-refractivity contribution >= 4 is 33.4 Å². The van der Waals surface area contributed by atoms with E-state index < -0.39 is 15.3 Å². The summed E-state index contributed by atoms with van der Waals surface area (Å²) < 4.78 is 26.6. The lowest BCUT2D eigenvalue weighted by molar-refractivity contribution is -0.115. The van der Waals surface area contributed by atoms with Crippen molar-refractivity contribution in [3.8, 4) is 5.75 Å². The van der Waals surface area contributed by atoms with Crippen LogP contribution in [0.3, 0.4) is 0 Å². The molecule has 2 aromatic rings. The van der Waals surface area contributed by atoms with Crippen molar-refractivity contribution < 1.29 is 18.3 Å². The Kier molecular flexibility index (Phi) is 7.29. The van der Waals surface area contributed by atoms with Gasteiger partial charge in [0.1, 0.15) is 5.75 Å². The molecule has 0 saturated heterocycles. The SMILES string of the molecule is CCN(CC)S(=O)(=O)c1ccc(O)c(NC(=O)[C@H](C)Sc2ccccc2)c1. The van der Waals surface area contributed by atoms with Crippen molar-refractivity contribution in [3.63, 3.8) is 0 Å². The van der Waals surface area contributed by atoms with Gasteiger partial charge in [0.15, 0.2) is 0 Å². The molecular weight excluding hydrogens is 384 g/mol. The minimum Gasteiger partial charge on any atom is -0.506 e. The fourth-order valence-corrected chi connectivity index (χ4v) is 4.85. The molecule has 1 atom stereocenters. The number of phenolic OH excluding ortho intramolecular Hbond substituents is 1. The summed E-state index contributed by atoms with van der Waals surface area (Å²) in [4.78, 5) is 13.5. The van der Waals surface area contributed by atoms with E-state index in [0.29, 0.717) is 13.1 Å². The van der Waals surface area contributed by atoms with Crippen LogP contribution < -0.4 is 5.32 Å². The third kappa shape index (κ3) is 5.24. The number of benzene rings is 2. The zero-order valence-corrected chi connectivity index (χ0v) is 17.2. The van der Waals surface area contributed by atoms with Crippen LogP contribution in [-0.4, -0.2) is 42.1 Å². The number of nitrogens with one attached hydrogen (secondary N) is 1. The fourth-order valence-electron chi connectivity index (χ4n) is 2.48. The molecule has 6 nitrogen and oxygen atoms in total. The van der Waals surface area contributed by atoms with Crippen molar-refractivity contribution in [1.29, 1.82) is 0 Å². The molecular formula is C19H24N2O4S2. The van der Waals surface area contributed by atoms with Gasteiger partial charge in [0, 0.05) is 18.0 Å². The Labute approximate surface area is 164 Å². The van der Waals surface area contributed by atoms with Crippen LogP contribution in [0.1, 0.15) is 20.8 Å². The summed E-state index contributed by atoms with van der Waals surface area (Å²) in [6.45, 7) is 5.94. The van der Waals surface area contributed by atoms with Crippen LogP contribution in [0.2, 0.25) is 0 Å². The molecule has 27 heavy (non-hydrogen) atoms. The Hall–Kier alpha value is -2.03. The van der Waals surface area contributed by atoms with Crippen molar-refractivity contribution in [3.05, 3.63) is 48.5 Å². The lowest BCUT2D eigenvalue weighted by Gasteiger charge is -2.19. The summed E-state index contributed by atoms with van der Waals surface area (Å²) in [6, 6.07) is 13.4. The zero-order chi connectivity index (χ0) is 20.0. The molecule has 1 amide bonds. The normalized spacial score (nSPS) is 12.7. The van der Waals surface area contributed by atoms with Crippen molar-refractivity contribution in [1.82, 2.24) is 4.31 Å². The van der Waals surface area contributed by atoms with Gasteiger partial charge in [0.2, 0.25) is 15.9 Å². The first kappa shape index (κ1) is 21.3. The summed E-state index contributed by atoms with van der Waals surface area (Å²) >= 11 is 1.38. The maximum Gasteiger partial charge on any atom is 0.243 e. The Balaban J connectivity index is 2.20. The molecule has 8 heteroatoms. The van der Waals surface area contributed by atoms with E-state index in [0.717, 1.165) is 4.90 Å². The summed E-state index contributed by atoms with van der Waals surface area (Å²) in [5.41, 5.74) is 0.0775. The second-order valence-corrected chi connectivity index (χ2v) is 9.18. The smallest absolute Gasteiger partial charge is 0.243 e. The lowest BCUT2D eigenvalue weighted by atomic mass is 10.3. The van der Waals surface area contributed by atoms with Gasteiger partial charge in [-0.15, -0.1) is 11.8 Å². The summed E-state index contributed by atoms with van der Waals surface area (Å²) in [6.07, 6.45) is 0. The highest BCUT2D eigenvalue weighted by atomic mass is 32.2. The second kappa shape index (κ2) is 9.25. The van der Waals surface area contributed by atoms with E-state index in [2.05, 4.69) is 5.32 Å². The van der Waals surface area contributed by atoms with Crippen molar-refractivity contribution in [2.24, 2.45) is 0 Å². The van der Waals surface area contributed by atoms with Crippen LogP contribution in [0.4, 0.5) is 5.69 Å². The largest absolute Gasteiger partial charge is 0.506 e. The monoisotopic (exact) mass is 408 g/mol. The molecule has 0 spiro atoms. The molecule has 146 valence electrons. The number of sulfonamides is 1. The topological polar surface area (TPSA) is 86.7 Å².